The highest BCUT2D eigenvalue weighted by atomic mass is 35.5. The van der Waals surface area contributed by atoms with E-state index in [0.29, 0.717) is 6.07 Å². The minimum atomic E-state index is -4.60. The van der Waals surface area contributed by atoms with Gasteiger partial charge in [-0.25, -0.2) is 0 Å². The van der Waals surface area contributed by atoms with Crippen molar-refractivity contribution in [3.8, 4) is 6.07 Å². The van der Waals surface area contributed by atoms with Gasteiger partial charge in [-0.05, 0) is 35.9 Å². The largest absolute Gasteiger partial charge is 0.416 e. The van der Waals surface area contributed by atoms with Gasteiger partial charge >= 0.3 is 6.18 Å². The number of carbonyl (C=O) groups excluding carboxylic acids is 2. The van der Waals surface area contributed by atoms with E-state index in [1.54, 1.807) is 6.07 Å². The fourth-order valence-electron chi connectivity index (χ4n) is 2.10. The van der Waals surface area contributed by atoms with Gasteiger partial charge in [0.1, 0.15) is 5.92 Å². The number of carbonyl (C=O) groups is 2. The van der Waals surface area contributed by atoms with Gasteiger partial charge in [-0.3, -0.25) is 9.59 Å². The molecular weight excluding hydrogens is 392 g/mol. The van der Waals surface area contributed by atoms with Gasteiger partial charge in [-0.2, -0.15) is 18.4 Å². The summed E-state index contributed by atoms with van der Waals surface area (Å²) in [6, 6.07) is 9.47. The van der Waals surface area contributed by atoms with Crippen molar-refractivity contribution in [2.24, 2.45) is 0 Å². The average molecular weight is 401 g/mol. The monoisotopic (exact) mass is 400 g/mol. The second kappa shape index (κ2) is 7.77. The highest BCUT2D eigenvalue weighted by Gasteiger charge is 2.32. The highest BCUT2D eigenvalue weighted by molar-refractivity contribution is 6.43. The number of nitrogens with zero attached hydrogens (tertiary/aromatic N) is 1. The Morgan fingerprint density at radius 2 is 1.81 bits per heavy atom. The van der Waals surface area contributed by atoms with Crippen LogP contribution in [0.3, 0.4) is 0 Å². The fourth-order valence-corrected chi connectivity index (χ4v) is 2.62. The molecule has 0 aliphatic heterocycles. The number of ketones is 1. The van der Waals surface area contributed by atoms with Gasteiger partial charge in [0.05, 0.1) is 11.6 Å². The van der Waals surface area contributed by atoms with Crippen LogP contribution in [0.2, 0.25) is 10.0 Å². The van der Waals surface area contributed by atoms with E-state index in [0.717, 1.165) is 12.1 Å². The molecule has 134 valence electrons. The van der Waals surface area contributed by atoms with Crippen molar-refractivity contribution in [3.63, 3.8) is 0 Å². The molecule has 0 aliphatic carbocycles. The maximum atomic E-state index is 12.7. The lowest BCUT2D eigenvalue weighted by atomic mass is 9.95. The van der Waals surface area contributed by atoms with Gasteiger partial charge in [0.2, 0.25) is 5.78 Å². The fraction of sp³-hybridized carbons (Fsp3) is 0.118. The molecule has 0 saturated carbocycles. The first-order valence-electron chi connectivity index (χ1n) is 7.00. The molecule has 0 radical (unpaired) electrons. The van der Waals surface area contributed by atoms with E-state index in [4.69, 9.17) is 23.2 Å². The molecule has 0 aliphatic rings. The lowest BCUT2D eigenvalue weighted by molar-refractivity contribution is -0.137. The van der Waals surface area contributed by atoms with Crippen molar-refractivity contribution in [3.05, 3.63) is 63.6 Å². The van der Waals surface area contributed by atoms with E-state index in [-0.39, 0.29) is 21.3 Å². The smallest absolute Gasteiger partial charge is 0.319 e. The summed E-state index contributed by atoms with van der Waals surface area (Å²) >= 11 is 11.7. The van der Waals surface area contributed by atoms with Gasteiger partial charge in [-0.1, -0.05) is 35.3 Å². The number of Topliss-reactive ketones (excluding diaryl/α,β-unsaturated/α-hetero) is 1. The molecule has 2 aromatic carbocycles. The molecule has 0 bridgehead atoms. The first kappa shape index (κ1) is 19.8. The quantitative estimate of drug-likeness (QED) is 0.747. The maximum absolute atomic E-state index is 12.7. The highest BCUT2D eigenvalue weighted by Crippen LogP contribution is 2.31. The van der Waals surface area contributed by atoms with Crippen molar-refractivity contribution in [1.82, 2.24) is 0 Å². The molecule has 1 amide bonds. The maximum Gasteiger partial charge on any atom is 0.416 e. The van der Waals surface area contributed by atoms with Crippen LogP contribution >= 0.6 is 23.2 Å². The number of alkyl halides is 3. The van der Waals surface area contributed by atoms with Gasteiger partial charge < -0.3 is 5.32 Å². The molecule has 0 unspecified atom stereocenters. The van der Waals surface area contributed by atoms with Gasteiger partial charge in [0, 0.05) is 15.7 Å². The minimum absolute atomic E-state index is 0.0178. The molecule has 2 rings (SSSR count). The van der Waals surface area contributed by atoms with Crippen LogP contribution in [-0.4, -0.2) is 11.7 Å². The van der Waals surface area contributed by atoms with E-state index in [1.807, 2.05) is 0 Å². The zero-order chi connectivity index (χ0) is 19.5. The van der Waals surface area contributed by atoms with E-state index in [2.05, 4.69) is 5.32 Å². The molecule has 1 atom stereocenters. The molecule has 0 fully saturated rings. The Labute approximate surface area is 156 Å². The predicted molar refractivity (Wildman–Crippen MR) is 89.9 cm³/mol. The third-order valence-electron chi connectivity index (χ3n) is 3.34. The standard InChI is InChI=1S/C17H9Cl2F3N2O2/c18-10-4-5-12(14(19)7-10)13(8-23)15(25)16(26)24-11-3-1-2-9(6-11)17(20,21)22/h1-7,13H,(H,24,26)/t13-/m1/s1. The lowest BCUT2D eigenvalue weighted by Crippen LogP contribution is -2.28. The Morgan fingerprint density at radius 3 is 2.38 bits per heavy atom. The number of hydrogen-bond donors (Lipinski definition) is 1. The summed E-state index contributed by atoms with van der Waals surface area (Å²) in [6.07, 6.45) is -4.60. The molecule has 0 spiro atoms. The second-order valence-corrected chi connectivity index (χ2v) is 5.97. The van der Waals surface area contributed by atoms with Crippen molar-refractivity contribution in [1.29, 1.82) is 5.26 Å². The number of anilines is 1. The van der Waals surface area contributed by atoms with E-state index in [1.165, 1.54) is 24.3 Å². The van der Waals surface area contributed by atoms with Crippen LogP contribution in [-0.2, 0) is 15.8 Å². The third kappa shape index (κ3) is 4.54. The molecule has 1 N–H and O–H groups in total. The Hall–Kier alpha value is -2.56. The molecule has 0 aromatic heterocycles. The average Bonchev–Trinajstić information content (AvgIpc) is 2.56. The normalized spacial score (nSPS) is 12.2. The molecular formula is C17H9Cl2F3N2O2. The molecule has 0 heterocycles. The van der Waals surface area contributed by atoms with Crippen molar-refractivity contribution >= 4 is 40.6 Å². The third-order valence-corrected chi connectivity index (χ3v) is 3.90. The van der Waals surface area contributed by atoms with Gasteiger partial charge in [-0.15, -0.1) is 0 Å². The Balaban J connectivity index is 2.23. The summed E-state index contributed by atoms with van der Waals surface area (Å²) in [5, 5.41) is 11.6. The molecule has 2 aromatic rings. The minimum Gasteiger partial charge on any atom is -0.319 e. The van der Waals surface area contributed by atoms with E-state index < -0.39 is 29.3 Å². The van der Waals surface area contributed by atoms with Crippen LogP contribution in [0.4, 0.5) is 18.9 Å². The Morgan fingerprint density at radius 1 is 1.12 bits per heavy atom. The van der Waals surface area contributed by atoms with Crippen LogP contribution in [0.15, 0.2) is 42.5 Å². The zero-order valence-electron chi connectivity index (χ0n) is 12.8. The van der Waals surface area contributed by atoms with Crippen LogP contribution in [0.25, 0.3) is 0 Å². The van der Waals surface area contributed by atoms with Crippen LogP contribution in [0.1, 0.15) is 17.0 Å². The number of benzene rings is 2. The van der Waals surface area contributed by atoms with Crippen LogP contribution in [0, 0.1) is 11.3 Å². The topological polar surface area (TPSA) is 70.0 Å². The Bertz CT molecular complexity index is 908. The molecule has 26 heavy (non-hydrogen) atoms. The van der Waals surface area contributed by atoms with Crippen molar-refractivity contribution in [2.75, 3.05) is 5.32 Å². The summed E-state index contributed by atoms with van der Waals surface area (Å²) in [5.41, 5.74) is -1.14. The SMILES string of the molecule is N#C[C@@H](C(=O)C(=O)Nc1cccc(C(F)(F)F)c1)c1ccc(Cl)cc1Cl. The molecule has 0 saturated heterocycles. The number of amides is 1. The molecule has 9 heteroatoms. The van der Waals surface area contributed by atoms with Crippen molar-refractivity contribution in [2.45, 2.75) is 12.1 Å². The number of rotatable bonds is 4. The van der Waals surface area contributed by atoms with Crippen LogP contribution < -0.4 is 5.32 Å². The zero-order valence-corrected chi connectivity index (χ0v) is 14.3. The molecule has 4 nitrogen and oxygen atoms in total. The van der Waals surface area contributed by atoms with Crippen LogP contribution in [0.5, 0.6) is 0 Å². The number of nitriles is 1. The Kier molecular flexibility index (Phi) is 5.90. The van der Waals surface area contributed by atoms with E-state index in [9.17, 15) is 28.0 Å². The first-order chi connectivity index (χ1) is 12.1. The number of halogens is 5. The summed E-state index contributed by atoms with van der Waals surface area (Å²) < 4.78 is 38.1. The lowest BCUT2D eigenvalue weighted by Gasteiger charge is -2.12. The number of nitrogens with one attached hydrogen (secondary N) is 1. The summed E-state index contributed by atoms with van der Waals surface area (Å²) in [5.74, 6) is -3.92. The first-order valence-corrected chi connectivity index (χ1v) is 7.76. The second-order valence-electron chi connectivity index (χ2n) is 5.12. The summed E-state index contributed by atoms with van der Waals surface area (Å²) in [7, 11) is 0. The summed E-state index contributed by atoms with van der Waals surface area (Å²) in [6.45, 7) is 0. The van der Waals surface area contributed by atoms with E-state index >= 15 is 0 Å². The predicted octanol–water partition coefficient (Wildman–Crippen LogP) is 4.83. The van der Waals surface area contributed by atoms with Crippen molar-refractivity contribution < 1.29 is 22.8 Å². The van der Waals surface area contributed by atoms with Gasteiger partial charge in [0.25, 0.3) is 5.91 Å². The summed E-state index contributed by atoms with van der Waals surface area (Å²) in [4.78, 5) is 24.3. The number of hydrogen-bond acceptors (Lipinski definition) is 3. The van der Waals surface area contributed by atoms with Gasteiger partial charge in [0.15, 0.2) is 0 Å².